The van der Waals surface area contributed by atoms with Gasteiger partial charge in [0.15, 0.2) is 5.13 Å². The average molecular weight is 225 g/mol. The number of fused-ring (bicyclic) bond motifs is 1. The number of rotatable bonds is 4. The Bertz CT molecular complexity index is 322. The first-order valence-electron chi connectivity index (χ1n) is 5.73. The summed E-state index contributed by atoms with van der Waals surface area (Å²) >= 11 is 1.81. The van der Waals surface area contributed by atoms with Crippen molar-refractivity contribution in [3.8, 4) is 0 Å². The quantitative estimate of drug-likeness (QED) is 0.823. The summed E-state index contributed by atoms with van der Waals surface area (Å²) in [4.78, 5) is 6.04. The zero-order chi connectivity index (χ0) is 10.7. The molecule has 0 saturated heterocycles. The minimum absolute atomic E-state index is 0.669. The predicted molar refractivity (Wildman–Crippen MR) is 65.8 cm³/mol. The second-order valence-electron chi connectivity index (χ2n) is 4.03. The third-order valence-corrected chi connectivity index (χ3v) is 3.97. The third kappa shape index (κ3) is 2.49. The average Bonchev–Trinajstić information content (AvgIpc) is 2.68. The zero-order valence-corrected chi connectivity index (χ0v) is 10.3. The Morgan fingerprint density at radius 2 is 2.40 bits per heavy atom. The van der Waals surface area contributed by atoms with E-state index < -0.39 is 0 Å². The molecule has 0 aromatic carbocycles. The number of nitrogens with zero attached hydrogens (tertiary/aromatic N) is 1. The number of nitrogens with one attached hydrogen (secondary N) is 2. The van der Waals surface area contributed by atoms with E-state index in [0.717, 1.165) is 24.5 Å². The molecule has 0 aliphatic heterocycles. The fourth-order valence-electron chi connectivity index (χ4n) is 2.00. The van der Waals surface area contributed by atoms with E-state index in [9.17, 15) is 0 Å². The van der Waals surface area contributed by atoms with Crippen molar-refractivity contribution in [2.45, 2.75) is 38.6 Å². The van der Waals surface area contributed by atoms with Crippen LogP contribution in [-0.2, 0) is 12.8 Å². The number of hydrogen-bond donors (Lipinski definition) is 2. The van der Waals surface area contributed by atoms with Gasteiger partial charge in [-0.3, -0.25) is 0 Å². The van der Waals surface area contributed by atoms with Gasteiger partial charge in [0.05, 0.1) is 5.69 Å². The number of thiazole rings is 1. The monoisotopic (exact) mass is 225 g/mol. The van der Waals surface area contributed by atoms with Crippen molar-refractivity contribution >= 4 is 16.5 Å². The summed E-state index contributed by atoms with van der Waals surface area (Å²) in [5.41, 5.74) is 1.32. The van der Waals surface area contributed by atoms with Crippen molar-refractivity contribution in [3.63, 3.8) is 0 Å². The maximum Gasteiger partial charge on any atom is 0.182 e. The predicted octanol–water partition coefficient (Wildman–Crippen LogP) is 2.04. The molecule has 0 spiro atoms. The highest BCUT2D eigenvalue weighted by atomic mass is 32.1. The molecular weight excluding hydrogens is 206 g/mol. The van der Waals surface area contributed by atoms with Crippen LogP contribution in [0.4, 0.5) is 5.13 Å². The molecule has 0 bridgehead atoms. The summed E-state index contributed by atoms with van der Waals surface area (Å²) in [6, 6.07) is 0.669. The van der Waals surface area contributed by atoms with Crippen molar-refractivity contribution < 1.29 is 0 Å². The molecule has 2 rings (SSSR count). The molecule has 0 amide bonds. The van der Waals surface area contributed by atoms with E-state index in [1.165, 1.54) is 23.4 Å². The molecule has 1 heterocycles. The van der Waals surface area contributed by atoms with Gasteiger partial charge in [0.25, 0.3) is 0 Å². The molecule has 84 valence electrons. The van der Waals surface area contributed by atoms with Crippen LogP contribution in [0.15, 0.2) is 0 Å². The van der Waals surface area contributed by atoms with Crippen LogP contribution in [-0.4, -0.2) is 24.6 Å². The first-order valence-corrected chi connectivity index (χ1v) is 6.54. The molecule has 1 aromatic heterocycles. The van der Waals surface area contributed by atoms with E-state index in [4.69, 9.17) is 0 Å². The SMILES string of the molecule is CCCN[C@H]1CCc2nc(NC)sc2C1. The Balaban J connectivity index is 1.99. The highest BCUT2D eigenvalue weighted by molar-refractivity contribution is 7.15. The molecule has 0 radical (unpaired) electrons. The van der Waals surface area contributed by atoms with Crippen LogP contribution < -0.4 is 10.6 Å². The molecule has 0 saturated carbocycles. The molecule has 1 aromatic rings. The van der Waals surface area contributed by atoms with Gasteiger partial charge in [-0.25, -0.2) is 4.98 Å². The van der Waals surface area contributed by atoms with E-state index in [0.29, 0.717) is 6.04 Å². The van der Waals surface area contributed by atoms with Crippen molar-refractivity contribution in [2.24, 2.45) is 0 Å². The molecule has 1 atom stereocenters. The zero-order valence-electron chi connectivity index (χ0n) is 9.47. The number of anilines is 1. The summed E-state index contributed by atoms with van der Waals surface area (Å²) < 4.78 is 0. The van der Waals surface area contributed by atoms with E-state index in [-0.39, 0.29) is 0 Å². The second-order valence-corrected chi connectivity index (χ2v) is 5.12. The first kappa shape index (κ1) is 10.9. The summed E-state index contributed by atoms with van der Waals surface area (Å²) in [7, 11) is 1.94. The van der Waals surface area contributed by atoms with Crippen LogP contribution in [0.25, 0.3) is 0 Å². The highest BCUT2D eigenvalue weighted by Gasteiger charge is 2.21. The van der Waals surface area contributed by atoms with Gasteiger partial charge in [-0.05, 0) is 32.2 Å². The first-order chi connectivity index (χ1) is 7.33. The number of hydrogen-bond acceptors (Lipinski definition) is 4. The van der Waals surface area contributed by atoms with E-state index >= 15 is 0 Å². The van der Waals surface area contributed by atoms with Gasteiger partial charge < -0.3 is 10.6 Å². The van der Waals surface area contributed by atoms with Gasteiger partial charge in [0.2, 0.25) is 0 Å². The number of aromatic nitrogens is 1. The van der Waals surface area contributed by atoms with Crippen LogP contribution in [0.3, 0.4) is 0 Å². The minimum atomic E-state index is 0.669. The van der Waals surface area contributed by atoms with Crippen LogP contribution in [0.5, 0.6) is 0 Å². The van der Waals surface area contributed by atoms with Crippen molar-refractivity contribution in [2.75, 3.05) is 18.9 Å². The molecular formula is C11H19N3S. The highest BCUT2D eigenvalue weighted by Crippen LogP contribution is 2.29. The molecule has 2 N–H and O–H groups in total. The van der Waals surface area contributed by atoms with Crippen molar-refractivity contribution in [3.05, 3.63) is 10.6 Å². The van der Waals surface area contributed by atoms with E-state index in [1.54, 1.807) is 0 Å². The van der Waals surface area contributed by atoms with Gasteiger partial charge in [-0.15, -0.1) is 11.3 Å². The van der Waals surface area contributed by atoms with Crippen molar-refractivity contribution in [1.29, 1.82) is 0 Å². The second kappa shape index (κ2) is 4.94. The molecule has 3 nitrogen and oxygen atoms in total. The van der Waals surface area contributed by atoms with Crippen LogP contribution in [0.1, 0.15) is 30.3 Å². The van der Waals surface area contributed by atoms with Gasteiger partial charge in [0, 0.05) is 18.0 Å². The van der Waals surface area contributed by atoms with Crippen LogP contribution in [0, 0.1) is 0 Å². The Hall–Kier alpha value is -0.610. The lowest BCUT2D eigenvalue weighted by Gasteiger charge is -2.21. The van der Waals surface area contributed by atoms with Gasteiger partial charge in [0.1, 0.15) is 0 Å². The lowest BCUT2D eigenvalue weighted by Crippen LogP contribution is -2.34. The Morgan fingerprint density at radius 1 is 1.53 bits per heavy atom. The fourth-order valence-corrected chi connectivity index (χ4v) is 3.05. The summed E-state index contributed by atoms with van der Waals surface area (Å²) in [5.74, 6) is 0. The molecule has 0 unspecified atom stereocenters. The van der Waals surface area contributed by atoms with Gasteiger partial charge in [-0.1, -0.05) is 6.92 Å². The summed E-state index contributed by atoms with van der Waals surface area (Å²) in [6.45, 7) is 3.35. The number of aryl methyl sites for hydroxylation is 1. The summed E-state index contributed by atoms with van der Waals surface area (Å²) in [6.07, 6.45) is 4.75. The van der Waals surface area contributed by atoms with Gasteiger partial charge >= 0.3 is 0 Å². The summed E-state index contributed by atoms with van der Waals surface area (Å²) in [5, 5.41) is 7.79. The van der Waals surface area contributed by atoms with E-state index in [1.807, 2.05) is 18.4 Å². The molecule has 0 fully saturated rings. The van der Waals surface area contributed by atoms with Crippen molar-refractivity contribution in [1.82, 2.24) is 10.3 Å². The Kier molecular flexibility index (Phi) is 3.59. The van der Waals surface area contributed by atoms with Crippen LogP contribution in [0.2, 0.25) is 0 Å². The topological polar surface area (TPSA) is 37.0 Å². The molecule has 4 heteroatoms. The lowest BCUT2D eigenvalue weighted by molar-refractivity contribution is 0.460. The maximum absolute atomic E-state index is 4.56. The normalized spacial score (nSPS) is 20.0. The molecule has 15 heavy (non-hydrogen) atoms. The largest absolute Gasteiger partial charge is 0.365 e. The molecule has 1 aliphatic carbocycles. The fraction of sp³-hybridized carbons (Fsp3) is 0.727. The third-order valence-electron chi connectivity index (χ3n) is 2.84. The van der Waals surface area contributed by atoms with E-state index in [2.05, 4.69) is 22.5 Å². The Labute approximate surface area is 95.3 Å². The smallest absolute Gasteiger partial charge is 0.182 e. The molecule has 1 aliphatic rings. The minimum Gasteiger partial charge on any atom is -0.365 e. The van der Waals surface area contributed by atoms with Gasteiger partial charge in [-0.2, -0.15) is 0 Å². The van der Waals surface area contributed by atoms with Crippen LogP contribution >= 0.6 is 11.3 Å². The lowest BCUT2D eigenvalue weighted by atomic mass is 9.98. The standard InChI is InChI=1S/C11H19N3S/c1-3-6-13-8-4-5-9-10(7-8)15-11(12-2)14-9/h8,13H,3-7H2,1-2H3,(H,12,14)/t8-/m0/s1. The maximum atomic E-state index is 4.56. The Morgan fingerprint density at radius 3 is 3.13 bits per heavy atom.